The van der Waals surface area contributed by atoms with E-state index in [2.05, 4.69) is 15.1 Å². The summed E-state index contributed by atoms with van der Waals surface area (Å²) < 4.78 is 1.85. The molecule has 1 aromatic heterocycles. The maximum atomic E-state index is 12.6. The Bertz CT molecular complexity index is 886. The molecule has 0 saturated carbocycles. The number of nitrogens with two attached hydrogens (primary N) is 1. The van der Waals surface area contributed by atoms with Gasteiger partial charge in [-0.2, -0.15) is 0 Å². The summed E-state index contributed by atoms with van der Waals surface area (Å²) in [6.07, 6.45) is 3.32. The molecule has 0 spiro atoms. The zero-order chi connectivity index (χ0) is 17.9. The Kier molecular flexibility index (Phi) is 4.27. The monoisotopic (exact) mass is 348 g/mol. The Balaban J connectivity index is 1.51. The molecule has 0 atom stereocenters. The van der Waals surface area contributed by atoms with Crippen LogP contribution in [-0.2, 0) is 0 Å². The van der Waals surface area contributed by atoms with E-state index in [0.717, 1.165) is 30.0 Å². The number of piperazine rings is 1. The normalized spacial score (nSPS) is 14.5. The summed E-state index contributed by atoms with van der Waals surface area (Å²) >= 11 is 0. The molecular weight excluding hydrogens is 328 g/mol. The van der Waals surface area contributed by atoms with Crippen LogP contribution < -0.4 is 10.6 Å². The van der Waals surface area contributed by atoms with Crippen molar-refractivity contribution in [2.75, 3.05) is 36.8 Å². The summed E-state index contributed by atoms with van der Waals surface area (Å²) in [6.45, 7) is 2.88. The van der Waals surface area contributed by atoms with Gasteiger partial charge in [0.1, 0.15) is 12.7 Å². The number of rotatable bonds is 3. The number of hydrogen-bond acceptors (Lipinski definition) is 5. The van der Waals surface area contributed by atoms with Gasteiger partial charge in [0.05, 0.1) is 11.4 Å². The lowest BCUT2D eigenvalue weighted by atomic mass is 10.1. The molecular formula is C19H20N6O. The third-order valence-corrected chi connectivity index (χ3v) is 4.62. The Morgan fingerprint density at radius 1 is 0.885 bits per heavy atom. The topological polar surface area (TPSA) is 80.3 Å². The van der Waals surface area contributed by atoms with Crippen molar-refractivity contribution in [2.45, 2.75) is 0 Å². The van der Waals surface area contributed by atoms with Gasteiger partial charge in [0.25, 0.3) is 5.91 Å². The molecule has 4 rings (SSSR count). The first-order valence-corrected chi connectivity index (χ1v) is 8.56. The maximum Gasteiger partial charge on any atom is 0.253 e. The zero-order valence-corrected chi connectivity index (χ0v) is 14.3. The second kappa shape index (κ2) is 6.87. The highest BCUT2D eigenvalue weighted by Gasteiger charge is 2.23. The Morgan fingerprint density at radius 3 is 2.27 bits per heavy atom. The SMILES string of the molecule is Nc1ccc(N2CCN(C(=O)c3ccccc3)CC2)c(-n2cnnc2)c1. The number of carbonyl (C=O) groups excluding carboxylic acids is 1. The number of amides is 1. The summed E-state index contributed by atoms with van der Waals surface area (Å²) in [4.78, 5) is 16.8. The molecule has 7 nitrogen and oxygen atoms in total. The average Bonchev–Trinajstić information content (AvgIpc) is 3.23. The molecule has 0 unspecified atom stereocenters. The third-order valence-electron chi connectivity index (χ3n) is 4.62. The molecule has 1 amide bonds. The first-order chi connectivity index (χ1) is 12.7. The molecule has 2 N–H and O–H groups in total. The molecule has 1 aliphatic rings. The second-order valence-corrected chi connectivity index (χ2v) is 6.26. The Hall–Kier alpha value is -3.35. The van der Waals surface area contributed by atoms with Crippen LogP contribution in [0.25, 0.3) is 5.69 Å². The largest absolute Gasteiger partial charge is 0.399 e. The maximum absolute atomic E-state index is 12.6. The molecule has 0 bridgehead atoms. The molecule has 0 radical (unpaired) electrons. The standard InChI is InChI=1S/C19H20N6O/c20-16-6-7-17(18(12-16)25-13-21-22-14-25)23-8-10-24(11-9-23)19(26)15-4-2-1-3-5-15/h1-7,12-14H,8-11,20H2. The van der Waals surface area contributed by atoms with Crippen LogP contribution >= 0.6 is 0 Å². The van der Waals surface area contributed by atoms with Crippen LogP contribution in [0.3, 0.4) is 0 Å². The lowest BCUT2D eigenvalue weighted by Gasteiger charge is -2.37. The van der Waals surface area contributed by atoms with Crippen molar-refractivity contribution >= 4 is 17.3 Å². The highest BCUT2D eigenvalue weighted by atomic mass is 16.2. The summed E-state index contributed by atoms with van der Waals surface area (Å²) in [5.74, 6) is 0.0848. The van der Waals surface area contributed by atoms with Crippen molar-refractivity contribution < 1.29 is 4.79 Å². The average molecular weight is 348 g/mol. The lowest BCUT2D eigenvalue weighted by Crippen LogP contribution is -2.49. The first-order valence-electron chi connectivity index (χ1n) is 8.56. The summed E-state index contributed by atoms with van der Waals surface area (Å²) in [7, 11) is 0. The number of aromatic nitrogens is 3. The van der Waals surface area contributed by atoms with E-state index in [0.29, 0.717) is 18.8 Å². The van der Waals surface area contributed by atoms with Gasteiger partial charge in [0.15, 0.2) is 0 Å². The number of anilines is 2. The fourth-order valence-electron chi connectivity index (χ4n) is 3.25. The van der Waals surface area contributed by atoms with Crippen LogP contribution in [0.1, 0.15) is 10.4 Å². The fourth-order valence-corrected chi connectivity index (χ4v) is 3.25. The van der Waals surface area contributed by atoms with Crippen LogP contribution in [0.4, 0.5) is 11.4 Å². The minimum Gasteiger partial charge on any atom is -0.399 e. The van der Waals surface area contributed by atoms with Crippen molar-refractivity contribution in [3.8, 4) is 5.69 Å². The van der Waals surface area contributed by atoms with Crippen LogP contribution in [-0.4, -0.2) is 51.8 Å². The van der Waals surface area contributed by atoms with Crippen molar-refractivity contribution in [3.05, 3.63) is 66.7 Å². The van der Waals surface area contributed by atoms with E-state index in [9.17, 15) is 4.79 Å². The molecule has 1 aliphatic heterocycles. The number of hydrogen-bond donors (Lipinski definition) is 1. The van der Waals surface area contributed by atoms with E-state index in [-0.39, 0.29) is 5.91 Å². The van der Waals surface area contributed by atoms with E-state index < -0.39 is 0 Å². The highest BCUT2D eigenvalue weighted by Crippen LogP contribution is 2.27. The van der Waals surface area contributed by atoms with Gasteiger partial charge in [0.2, 0.25) is 0 Å². The number of carbonyl (C=O) groups is 1. The fraction of sp³-hybridized carbons (Fsp3) is 0.211. The molecule has 0 aliphatic carbocycles. The minimum absolute atomic E-state index is 0.0848. The predicted molar refractivity (Wildman–Crippen MR) is 100 cm³/mol. The molecule has 3 aromatic rings. The quantitative estimate of drug-likeness (QED) is 0.730. The molecule has 1 fully saturated rings. The molecule has 132 valence electrons. The van der Waals surface area contributed by atoms with E-state index in [1.807, 2.05) is 58.0 Å². The third kappa shape index (κ3) is 3.11. The number of benzene rings is 2. The van der Waals surface area contributed by atoms with Gasteiger partial charge >= 0.3 is 0 Å². The van der Waals surface area contributed by atoms with Gasteiger partial charge in [-0.3, -0.25) is 9.36 Å². The van der Waals surface area contributed by atoms with Gasteiger partial charge in [-0.1, -0.05) is 18.2 Å². The molecule has 2 aromatic carbocycles. The molecule has 26 heavy (non-hydrogen) atoms. The smallest absolute Gasteiger partial charge is 0.253 e. The summed E-state index contributed by atoms with van der Waals surface area (Å²) in [6, 6.07) is 15.2. The molecule has 7 heteroatoms. The van der Waals surface area contributed by atoms with Crippen molar-refractivity contribution in [3.63, 3.8) is 0 Å². The second-order valence-electron chi connectivity index (χ2n) is 6.26. The van der Waals surface area contributed by atoms with E-state index in [4.69, 9.17) is 5.73 Å². The van der Waals surface area contributed by atoms with E-state index >= 15 is 0 Å². The molecule has 1 saturated heterocycles. The highest BCUT2D eigenvalue weighted by molar-refractivity contribution is 5.94. The lowest BCUT2D eigenvalue weighted by molar-refractivity contribution is 0.0747. The van der Waals surface area contributed by atoms with Crippen LogP contribution in [0.15, 0.2) is 61.2 Å². The van der Waals surface area contributed by atoms with Gasteiger partial charge in [-0.25, -0.2) is 0 Å². The summed E-state index contributed by atoms with van der Waals surface area (Å²) in [5, 5.41) is 7.77. The van der Waals surface area contributed by atoms with Crippen LogP contribution in [0.5, 0.6) is 0 Å². The van der Waals surface area contributed by atoms with Crippen LogP contribution in [0, 0.1) is 0 Å². The van der Waals surface area contributed by atoms with Gasteiger partial charge in [-0.15, -0.1) is 10.2 Å². The van der Waals surface area contributed by atoms with E-state index in [1.54, 1.807) is 12.7 Å². The summed E-state index contributed by atoms with van der Waals surface area (Å²) in [5.41, 5.74) is 9.39. The zero-order valence-electron chi connectivity index (χ0n) is 14.3. The van der Waals surface area contributed by atoms with Crippen LogP contribution in [0.2, 0.25) is 0 Å². The Labute approximate surface area is 151 Å². The van der Waals surface area contributed by atoms with Gasteiger partial charge in [0, 0.05) is 37.4 Å². The number of nitrogen functional groups attached to an aromatic ring is 1. The number of nitrogens with zero attached hydrogens (tertiary/aromatic N) is 5. The van der Waals surface area contributed by atoms with E-state index in [1.165, 1.54) is 0 Å². The minimum atomic E-state index is 0.0848. The molecule has 2 heterocycles. The van der Waals surface area contributed by atoms with Crippen molar-refractivity contribution in [1.82, 2.24) is 19.7 Å². The predicted octanol–water partition coefficient (Wildman–Crippen LogP) is 1.81. The van der Waals surface area contributed by atoms with Crippen molar-refractivity contribution in [1.29, 1.82) is 0 Å². The Morgan fingerprint density at radius 2 is 1.58 bits per heavy atom. The van der Waals surface area contributed by atoms with Gasteiger partial charge in [-0.05, 0) is 30.3 Å². The first kappa shape index (κ1) is 16.1. The van der Waals surface area contributed by atoms with Crippen molar-refractivity contribution in [2.24, 2.45) is 0 Å². The van der Waals surface area contributed by atoms with Gasteiger partial charge < -0.3 is 15.5 Å².